The van der Waals surface area contributed by atoms with E-state index in [4.69, 9.17) is 15.2 Å². The van der Waals surface area contributed by atoms with Gasteiger partial charge in [0, 0.05) is 24.8 Å². The van der Waals surface area contributed by atoms with Crippen LogP contribution in [0, 0.1) is 0 Å². The number of alkyl halides is 2. The zero-order valence-corrected chi connectivity index (χ0v) is 21.8. The summed E-state index contributed by atoms with van der Waals surface area (Å²) in [5.74, 6) is -1.21. The van der Waals surface area contributed by atoms with Gasteiger partial charge in [0.1, 0.15) is 17.1 Å². The molecule has 0 spiro atoms. The Bertz CT molecular complexity index is 1360. The van der Waals surface area contributed by atoms with Crippen molar-refractivity contribution in [3.8, 4) is 22.6 Å². The Morgan fingerprint density at radius 1 is 1.08 bits per heavy atom. The quantitative estimate of drug-likeness (QED) is 0.480. The number of ether oxygens (including phenoxy) is 3. The van der Waals surface area contributed by atoms with Crippen LogP contribution in [0.1, 0.15) is 54.4 Å². The molecule has 1 aromatic carbocycles. The van der Waals surface area contributed by atoms with Gasteiger partial charge in [-0.15, -0.1) is 0 Å². The molecule has 39 heavy (non-hydrogen) atoms. The predicted octanol–water partition coefficient (Wildman–Crippen LogP) is 4.16. The summed E-state index contributed by atoms with van der Waals surface area (Å²) in [5.41, 5.74) is 7.17. The fraction of sp³-hybridized carbons (Fsp3) is 0.464. The molecule has 2 saturated carbocycles. The van der Waals surface area contributed by atoms with Crippen molar-refractivity contribution >= 4 is 17.3 Å². The Morgan fingerprint density at radius 2 is 1.77 bits per heavy atom. The minimum atomic E-state index is -3.16. The first-order valence-electron chi connectivity index (χ1n) is 13.2. The minimum absolute atomic E-state index is 0.0103. The molecule has 2 N–H and O–H groups in total. The number of primary amides is 1. The largest absolute Gasteiger partial charge is 0.496 e. The molecule has 3 fully saturated rings. The molecule has 2 aromatic heterocycles. The van der Waals surface area contributed by atoms with E-state index in [0.717, 1.165) is 24.8 Å². The van der Waals surface area contributed by atoms with Crippen molar-refractivity contribution in [2.45, 2.75) is 50.6 Å². The van der Waals surface area contributed by atoms with E-state index < -0.39 is 17.9 Å². The van der Waals surface area contributed by atoms with Crippen molar-refractivity contribution < 1.29 is 32.6 Å². The number of rotatable bonds is 7. The number of morpholine rings is 1. The number of fused-ring (bicyclic) bond motifs is 1. The van der Waals surface area contributed by atoms with Gasteiger partial charge >= 0.3 is 6.61 Å². The molecule has 11 heteroatoms. The van der Waals surface area contributed by atoms with Crippen LogP contribution in [-0.2, 0) is 14.9 Å². The number of hydrogen-bond donors (Lipinski definition) is 1. The van der Waals surface area contributed by atoms with E-state index in [1.54, 1.807) is 10.7 Å². The number of methoxy groups -OCH3 is 1. The number of carbonyl (C=O) groups is 2. The van der Waals surface area contributed by atoms with Crippen molar-refractivity contribution in [1.29, 1.82) is 0 Å². The maximum Gasteiger partial charge on any atom is 0.387 e. The van der Waals surface area contributed by atoms with Crippen LogP contribution in [0.3, 0.4) is 0 Å². The average Bonchev–Trinajstić information content (AvgIpc) is 3.73. The first-order valence-corrected chi connectivity index (χ1v) is 13.2. The van der Waals surface area contributed by atoms with Gasteiger partial charge in [-0.3, -0.25) is 9.59 Å². The van der Waals surface area contributed by atoms with Crippen molar-refractivity contribution in [1.82, 2.24) is 14.5 Å². The average molecular weight is 543 g/mol. The molecule has 2 amide bonds. The SMILES string of the molecule is C1CC1.COc1cc(-c2cnn3cc(C4(C(=O)N5CCOCC5)CCC4)ccc23)cc(OC(F)F)c1C(N)=O. The van der Waals surface area contributed by atoms with E-state index in [9.17, 15) is 18.4 Å². The van der Waals surface area contributed by atoms with Crippen LogP contribution < -0.4 is 15.2 Å². The molecule has 6 rings (SSSR count). The van der Waals surface area contributed by atoms with E-state index >= 15 is 0 Å². The summed E-state index contributed by atoms with van der Waals surface area (Å²) in [4.78, 5) is 27.2. The zero-order valence-electron chi connectivity index (χ0n) is 21.8. The Morgan fingerprint density at radius 3 is 2.33 bits per heavy atom. The van der Waals surface area contributed by atoms with Gasteiger partial charge in [-0.2, -0.15) is 13.9 Å². The molecule has 3 aromatic rings. The van der Waals surface area contributed by atoms with Crippen molar-refractivity contribution in [3.63, 3.8) is 0 Å². The van der Waals surface area contributed by atoms with Crippen LogP contribution in [0.5, 0.6) is 11.5 Å². The van der Waals surface area contributed by atoms with Gasteiger partial charge in [-0.1, -0.05) is 31.7 Å². The van der Waals surface area contributed by atoms with Crippen LogP contribution in [0.15, 0.2) is 36.7 Å². The van der Waals surface area contributed by atoms with Crippen LogP contribution in [0.4, 0.5) is 8.78 Å². The van der Waals surface area contributed by atoms with Crippen molar-refractivity contribution in [2.75, 3.05) is 33.4 Å². The normalized spacial score (nSPS) is 17.7. The number of carbonyl (C=O) groups excluding carboxylic acids is 2. The highest BCUT2D eigenvalue weighted by atomic mass is 19.3. The van der Waals surface area contributed by atoms with Crippen LogP contribution in [-0.4, -0.2) is 66.4 Å². The topological polar surface area (TPSA) is 108 Å². The highest BCUT2D eigenvalue weighted by Gasteiger charge is 2.48. The first kappa shape index (κ1) is 26.9. The highest BCUT2D eigenvalue weighted by molar-refractivity contribution is 6.00. The van der Waals surface area contributed by atoms with E-state index in [2.05, 4.69) is 9.84 Å². The summed E-state index contributed by atoms with van der Waals surface area (Å²) in [6.07, 6.45) is 10.4. The van der Waals surface area contributed by atoms with Gasteiger partial charge in [0.2, 0.25) is 5.91 Å². The lowest BCUT2D eigenvalue weighted by Crippen LogP contribution is -2.54. The summed E-state index contributed by atoms with van der Waals surface area (Å²) in [7, 11) is 1.31. The Hall–Kier alpha value is -3.73. The fourth-order valence-electron chi connectivity index (χ4n) is 5.05. The minimum Gasteiger partial charge on any atom is -0.496 e. The summed E-state index contributed by atoms with van der Waals surface area (Å²) in [5, 5.41) is 4.45. The maximum atomic E-state index is 13.5. The smallest absolute Gasteiger partial charge is 0.387 e. The molecule has 0 unspecified atom stereocenters. The second-order valence-corrected chi connectivity index (χ2v) is 10.0. The number of nitrogens with zero attached hydrogens (tertiary/aromatic N) is 3. The van der Waals surface area contributed by atoms with Crippen molar-refractivity contribution in [2.24, 2.45) is 5.73 Å². The van der Waals surface area contributed by atoms with E-state index in [1.165, 1.54) is 38.5 Å². The predicted molar refractivity (Wildman–Crippen MR) is 139 cm³/mol. The number of pyridine rings is 1. The molecule has 3 heterocycles. The van der Waals surface area contributed by atoms with Crippen LogP contribution in [0.2, 0.25) is 0 Å². The molecule has 0 bridgehead atoms. The zero-order chi connectivity index (χ0) is 27.6. The van der Waals surface area contributed by atoms with Gasteiger partial charge < -0.3 is 24.8 Å². The Labute approximate surface area is 224 Å². The number of halogens is 2. The molecule has 2 aliphatic carbocycles. The number of benzene rings is 1. The third-order valence-corrected chi connectivity index (χ3v) is 7.40. The summed E-state index contributed by atoms with van der Waals surface area (Å²) in [6.45, 7) is -0.906. The van der Waals surface area contributed by atoms with Crippen molar-refractivity contribution in [3.05, 3.63) is 47.8 Å². The molecular formula is C28H32F2N4O5. The van der Waals surface area contributed by atoms with Crippen LogP contribution in [0.25, 0.3) is 16.6 Å². The number of hydrogen-bond acceptors (Lipinski definition) is 6. The second-order valence-electron chi connectivity index (χ2n) is 10.0. The van der Waals surface area contributed by atoms with Crippen LogP contribution >= 0.6 is 0 Å². The fourth-order valence-corrected chi connectivity index (χ4v) is 5.05. The monoisotopic (exact) mass is 542 g/mol. The number of amides is 2. The third kappa shape index (κ3) is 5.40. The van der Waals surface area contributed by atoms with Gasteiger partial charge in [0.25, 0.3) is 5.91 Å². The lowest BCUT2D eigenvalue weighted by atomic mass is 9.64. The molecule has 3 aliphatic rings. The molecule has 0 atom stereocenters. The summed E-state index contributed by atoms with van der Waals surface area (Å²) < 4.78 is 43.0. The third-order valence-electron chi connectivity index (χ3n) is 7.40. The Balaban J connectivity index is 0.000000962. The summed E-state index contributed by atoms with van der Waals surface area (Å²) in [6, 6.07) is 6.61. The molecule has 1 saturated heterocycles. The Kier molecular flexibility index (Phi) is 7.69. The highest BCUT2D eigenvalue weighted by Crippen LogP contribution is 2.46. The molecular weight excluding hydrogens is 510 g/mol. The molecule has 208 valence electrons. The molecule has 1 aliphatic heterocycles. The van der Waals surface area contributed by atoms with Gasteiger partial charge in [-0.25, -0.2) is 4.52 Å². The molecule has 9 nitrogen and oxygen atoms in total. The van der Waals surface area contributed by atoms with Gasteiger partial charge in [0.05, 0.1) is 37.5 Å². The van der Waals surface area contributed by atoms with E-state index in [0.29, 0.717) is 42.9 Å². The van der Waals surface area contributed by atoms with E-state index in [-0.39, 0.29) is 23.0 Å². The summed E-state index contributed by atoms with van der Waals surface area (Å²) >= 11 is 0. The van der Waals surface area contributed by atoms with E-state index in [1.807, 2.05) is 23.2 Å². The number of aromatic nitrogens is 2. The first-order chi connectivity index (χ1) is 18.8. The number of nitrogens with two attached hydrogens (primary N) is 1. The van der Waals surface area contributed by atoms with Gasteiger partial charge in [-0.05, 0) is 42.2 Å². The maximum absolute atomic E-state index is 13.5. The molecule has 0 radical (unpaired) electrons. The lowest BCUT2D eigenvalue weighted by Gasteiger charge is -2.44. The van der Waals surface area contributed by atoms with Gasteiger partial charge in [0.15, 0.2) is 0 Å². The second kappa shape index (κ2) is 11.2. The lowest BCUT2D eigenvalue weighted by molar-refractivity contribution is -0.145. The standard InChI is InChI=1S/C25H26F2N4O5.C3H6/c1-34-19-11-15(12-20(36-24(26)27)21(19)22(28)32)17-13-29-31-14-16(3-4-18(17)31)25(5-2-6-25)23(33)30-7-9-35-10-8-30;1-2-3-1/h3-4,11-14,24H,2,5-10H2,1H3,(H2,28,32);1-3H2.